The van der Waals surface area contributed by atoms with Gasteiger partial charge in [-0.15, -0.1) is 0 Å². The number of ether oxygens (including phenoxy) is 2. The molecular formula is C16H24BrNO2. The second kappa shape index (κ2) is 6.81. The van der Waals surface area contributed by atoms with Gasteiger partial charge in [-0.05, 0) is 52.7 Å². The fourth-order valence-corrected chi connectivity index (χ4v) is 3.53. The molecule has 4 heteroatoms. The zero-order valence-corrected chi connectivity index (χ0v) is 14.1. The van der Waals surface area contributed by atoms with Gasteiger partial charge < -0.3 is 15.2 Å². The maximum absolute atomic E-state index is 6.51. The summed E-state index contributed by atoms with van der Waals surface area (Å²) in [6, 6.07) is 3.96. The summed E-state index contributed by atoms with van der Waals surface area (Å²) in [5.41, 5.74) is 7.56. The Bertz CT molecular complexity index is 456. The Hall–Kier alpha value is -0.740. The lowest BCUT2D eigenvalue weighted by Gasteiger charge is -2.31. The van der Waals surface area contributed by atoms with Crippen molar-refractivity contribution in [3.63, 3.8) is 0 Å². The van der Waals surface area contributed by atoms with E-state index in [2.05, 4.69) is 22.9 Å². The van der Waals surface area contributed by atoms with Crippen LogP contribution < -0.4 is 15.2 Å². The van der Waals surface area contributed by atoms with Gasteiger partial charge in [0.15, 0.2) is 0 Å². The van der Waals surface area contributed by atoms with Crippen LogP contribution in [0.2, 0.25) is 0 Å². The molecule has 3 nitrogen and oxygen atoms in total. The Morgan fingerprint density at radius 1 is 1.10 bits per heavy atom. The molecule has 1 saturated carbocycles. The van der Waals surface area contributed by atoms with Gasteiger partial charge in [-0.3, -0.25) is 0 Å². The molecule has 0 heterocycles. The van der Waals surface area contributed by atoms with Crippen molar-refractivity contribution in [3.05, 3.63) is 22.2 Å². The van der Waals surface area contributed by atoms with Gasteiger partial charge in [0.2, 0.25) is 0 Å². The van der Waals surface area contributed by atoms with E-state index in [4.69, 9.17) is 15.2 Å². The molecule has 0 spiro atoms. The Kier molecular flexibility index (Phi) is 5.33. The van der Waals surface area contributed by atoms with Crippen molar-refractivity contribution in [2.24, 2.45) is 17.6 Å². The van der Waals surface area contributed by atoms with Crippen LogP contribution in [-0.2, 0) is 0 Å². The highest BCUT2D eigenvalue weighted by molar-refractivity contribution is 9.10. The molecule has 0 aromatic heterocycles. The van der Waals surface area contributed by atoms with Gasteiger partial charge in [0.1, 0.15) is 11.5 Å². The molecule has 1 aliphatic carbocycles. The van der Waals surface area contributed by atoms with E-state index in [0.29, 0.717) is 5.92 Å². The third-order valence-corrected chi connectivity index (χ3v) is 5.05. The molecule has 1 unspecified atom stereocenters. The fourth-order valence-electron chi connectivity index (χ4n) is 3.04. The minimum absolute atomic E-state index is 0.0134. The molecule has 1 aliphatic rings. The summed E-state index contributed by atoms with van der Waals surface area (Å²) < 4.78 is 11.8. The number of benzene rings is 1. The van der Waals surface area contributed by atoms with Crippen LogP contribution in [0.25, 0.3) is 0 Å². The summed E-state index contributed by atoms with van der Waals surface area (Å²) in [4.78, 5) is 0. The number of hydrogen-bond donors (Lipinski definition) is 1. The van der Waals surface area contributed by atoms with Crippen LogP contribution in [-0.4, -0.2) is 14.2 Å². The third-order valence-electron chi connectivity index (χ3n) is 4.43. The van der Waals surface area contributed by atoms with Gasteiger partial charge in [0, 0.05) is 11.6 Å². The van der Waals surface area contributed by atoms with E-state index in [-0.39, 0.29) is 6.04 Å². The summed E-state index contributed by atoms with van der Waals surface area (Å²) in [5, 5.41) is 0. The van der Waals surface area contributed by atoms with Crippen molar-refractivity contribution in [2.75, 3.05) is 14.2 Å². The molecule has 112 valence electrons. The van der Waals surface area contributed by atoms with Crippen molar-refractivity contribution >= 4 is 15.9 Å². The molecular weight excluding hydrogens is 318 g/mol. The second-order valence-electron chi connectivity index (χ2n) is 5.77. The minimum atomic E-state index is 0.0134. The topological polar surface area (TPSA) is 44.5 Å². The molecule has 1 aromatic rings. The Morgan fingerprint density at radius 3 is 2.25 bits per heavy atom. The average Bonchev–Trinajstić information content (AvgIpc) is 2.47. The molecule has 0 radical (unpaired) electrons. The molecule has 1 atom stereocenters. The van der Waals surface area contributed by atoms with Crippen LogP contribution in [0.15, 0.2) is 16.6 Å². The van der Waals surface area contributed by atoms with Gasteiger partial charge in [-0.1, -0.05) is 19.8 Å². The minimum Gasteiger partial charge on any atom is -0.496 e. The number of halogens is 1. The number of nitrogens with two attached hydrogens (primary N) is 1. The quantitative estimate of drug-likeness (QED) is 0.888. The highest BCUT2D eigenvalue weighted by Crippen LogP contribution is 2.41. The summed E-state index contributed by atoms with van der Waals surface area (Å²) in [6.45, 7) is 2.32. The second-order valence-corrected chi connectivity index (χ2v) is 6.63. The van der Waals surface area contributed by atoms with E-state index in [0.717, 1.165) is 27.5 Å². The van der Waals surface area contributed by atoms with E-state index in [9.17, 15) is 0 Å². The van der Waals surface area contributed by atoms with E-state index in [1.807, 2.05) is 12.1 Å². The van der Waals surface area contributed by atoms with E-state index in [1.54, 1.807) is 14.2 Å². The first-order valence-electron chi connectivity index (χ1n) is 7.23. The van der Waals surface area contributed by atoms with Gasteiger partial charge in [-0.25, -0.2) is 0 Å². The van der Waals surface area contributed by atoms with Crippen molar-refractivity contribution in [1.29, 1.82) is 0 Å². The average molecular weight is 342 g/mol. The summed E-state index contributed by atoms with van der Waals surface area (Å²) in [5.74, 6) is 3.01. The summed E-state index contributed by atoms with van der Waals surface area (Å²) in [7, 11) is 3.36. The van der Waals surface area contributed by atoms with Crippen LogP contribution >= 0.6 is 15.9 Å². The maximum Gasteiger partial charge on any atom is 0.133 e. The van der Waals surface area contributed by atoms with Crippen LogP contribution in [0.5, 0.6) is 11.5 Å². The molecule has 0 saturated heterocycles. The monoisotopic (exact) mass is 341 g/mol. The molecule has 2 rings (SSSR count). The smallest absolute Gasteiger partial charge is 0.133 e. The molecule has 0 bridgehead atoms. The molecule has 2 N–H and O–H groups in total. The zero-order valence-electron chi connectivity index (χ0n) is 12.5. The molecule has 1 aromatic carbocycles. The van der Waals surface area contributed by atoms with Gasteiger partial charge in [-0.2, -0.15) is 0 Å². The predicted octanol–water partition coefficient (Wildman–Crippen LogP) is 4.29. The summed E-state index contributed by atoms with van der Waals surface area (Å²) in [6.07, 6.45) is 4.94. The van der Waals surface area contributed by atoms with Gasteiger partial charge in [0.25, 0.3) is 0 Å². The highest BCUT2D eigenvalue weighted by Gasteiger charge is 2.27. The lowest BCUT2D eigenvalue weighted by atomic mass is 9.77. The van der Waals surface area contributed by atoms with Gasteiger partial charge in [0.05, 0.1) is 18.7 Å². The normalized spacial score (nSPS) is 24.2. The lowest BCUT2D eigenvalue weighted by Crippen LogP contribution is -2.26. The predicted molar refractivity (Wildman–Crippen MR) is 85.3 cm³/mol. The number of hydrogen-bond acceptors (Lipinski definition) is 3. The van der Waals surface area contributed by atoms with E-state index < -0.39 is 0 Å². The lowest BCUT2D eigenvalue weighted by molar-refractivity contribution is 0.252. The van der Waals surface area contributed by atoms with Crippen molar-refractivity contribution in [3.8, 4) is 11.5 Å². The molecule has 0 amide bonds. The van der Waals surface area contributed by atoms with Crippen molar-refractivity contribution < 1.29 is 9.47 Å². The first-order valence-corrected chi connectivity index (χ1v) is 8.03. The summed E-state index contributed by atoms with van der Waals surface area (Å²) >= 11 is 3.49. The number of rotatable bonds is 4. The zero-order chi connectivity index (χ0) is 14.7. The standard InChI is InChI=1S/C16H24BrNO2/c1-10-4-6-11(7-5-10)16(18)12-8-15(20-3)13(17)9-14(12)19-2/h8-11,16H,4-7,18H2,1-3H3. The van der Waals surface area contributed by atoms with Crippen molar-refractivity contribution in [1.82, 2.24) is 0 Å². The van der Waals surface area contributed by atoms with Crippen LogP contribution in [0, 0.1) is 11.8 Å². The third kappa shape index (κ3) is 3.29. The SMILES string of the molecule is COc1cc(C(N)C2CCC(C)CC2)c(OC)cc1Br. The molecule has 1 fully saturated rings. The number of methoxy groups -OCH3 is 2. The highest BCUT2D eigenvalue weighted by atomic mass is 79.9. The van der Waals surface area contributed by atoms with Gasteiger partial charge >= 0.3 is 0 Å². The van der Waals surface area contributed by atoms with Crippen LogP contribution in [0.3, 0.4) is 0 Å². The molecule has 20 heavy (non-hydrogen) atoms. The van der Waals surface area contributed by atoms with Crippen LogP contribution in [0.1, 0.15) is 44.2 Å². The van der Waals surface area contributed by atoms with Crippen molar-refractivity contribution in [2.45, 2.75) is 38.6 Å². The Balaban J connectivity index is 2.26. The Labute approximate surface area is 130 Å². The fraction of sp³-hybridized carbons (Fsp3) is 0.625. The van der Waals surface area contributed by atoms with E-state index in [1.165, 1.54) is 25.7 Å². The molecule has 0 aliphatic heterocycles. The largest absolute Gasteiger partial charge is 0.496 e. The van der Waals surface area contributed by atoms with Crippen LogP contribution in [0.4, 0.5) is 0 Å². The Morgan fingerprint density at radius 2 is 1.70 bits per heavy atom. The first-order chi connectivity index (χ1) is 9.56. The van der Waals surface area contributed by atoms with E-state index >= 15 is 0 Å². The first kappa shape index (κ1) is 15.6. The maximum atomic E-state index is 6.51.